The van der Waals surface area contributed by atoms with Crippen molar-refractivity contribution in [2.24, 2.45) is 12.8 Å². The lowest BCUT2D eigenvalue weighted by atomic mass is 10.1. The number of halogens is 1. The smallest absolute Gasteiger partial charge is 0.129 e. The maximum absolute atomic E-state index is 13.0. The van der Waals surface area contributed by atoms with Crippen molar-refractivity contribution in [1.82, 2.24) is 9.55 Å². The Labute approximate surface area is 87.4 Å². The van der Waals surface area contributed by atoms with Gasteiger partial charge in [-0.15, -0.1) is 0 Å². The SMILES string of the molecule is Cn1ccnc1C(N)c1cccc(F)c1. The summed E-state index contributed by atoms with van der Waals surface area (Å²) in [4.78, 5) is 4.14. The lowest BCUT2D eigenvalue weighted by molar-refractivity contribution is 0.620. The van der Waals surface area contributed by atoms with Crippen LogP contribution in [0.25, 0.3) is 0 Å². The number of hydrogen-bond donors (Lipinski definition) is 1. The van der Waals surface area contributed by atoms with Crippen molar-refractivity contribution in [3.05, 3.63) is 53.9 Å². The Kier molecular flexibility index (Phi) is 2.51. The van der Waals surface area contributed by atoms with Crippen molar-refractivity contribution in [2.75, 3.05) is 0 Å². The molecule has 78 valence electrons. The van der Waals surface area contributed by atoms with Crippen LogP contribution in [-0.4, -0.2) is 9.55 Å². The molecular weight excluding hydrogens is 193 g/mol. The Morgan fingerprint density at radius 3 is 2.87 bits per heavy atom. The van der Waals surface area contributed by atoms with Crippen molar-refractivity contribution >= 4 is 0 Å². The maximum atomic E-state index is 13.0. The Morgan fingerprint density at radius 1 is 1.47 bits per heavy atom. The molecule has 0 aliphatic carbocycles. The zero-order valence-electron chi connectivity index (χ0n) is 8.39. The number of hydrogen-bond acceptors (Lipinski definition) is 2. The fourth-order valence-electron chi connectivity index (χ4n) is 1.53. The van der Waals surface area contributed by atoms with Gasteiger partial charge in [0.05, 0.1) is 6.04 Å². The Bertz CT molecular complexity index is 464. The topological polar surface area (TPSA) is 43.8 Å². The molecule has 0 spiro atoms. The molecule has 1 aromatic carbocycles. The average Bonchev–Trinajstić information content (AvgIpc) is 2.63. The molecule has 0 bridgehead atoms. The molecule has 0 saturated carbocycles. The summed E-state index contributed by atoms with van der Waals surface area (Å²) >= 11 is 0. The van der Waals surface area contributed by atoms with E-state index in [1.165, 1.54) is 12.1 Å². The standard InChI is InChI=1S/C11H12FN3/c1-15-6-5-14-11(15)10(13)8-3-2-4-9(12)7-8/h2-7,10H,13H2,1H3. The van der Waals surface area contributed by atoms with Crippen molar-refractivity contribution in [3.8, 4) is 0 Å². The third-order valence-electron chi connectivity index (χ3n) is 2.34. The molecular formula is C11H12FN3. The molecule has 1 unspecified atom stereocenters. The Balaban J connectivity index is 2.36. The minimum absolute atomic E-state index is 0.280. The van der Waals surface area contributed by atoms with Crippen LogP contribution >= 0.6 is 0 Å². The van der Waals surface area contributed by atoms with Crippen LogP contribution < -0.4 is 5.73 Å². The van der Waals surface area contributed by atoms with E-state index in [0.717, 1.165) is 11.4 Å². The highest BCUT2D eigenvalue weighted by Gasteiger charge is 2.13. The lowest BCUT2D eigenvalue weighted by Crippen LogP contribution is -2.16. The lowest BCUT2D eigenvalue weighted by Gasteiger charge is -2.11. The minimum atomic E-state index is -0.388. The van der Waals surface area contributed by atoms with Gasteiger partial charge in [0.25, 0.3) is 0 Å². The number of benzene rings is 1. The van der Waals surface area contributed by atoms with Gasteiger partial charge in [0.1, 0.15) is 11.6 Å². The molecule has 0 saturated heterocycles. The zero-order chi connectivity index (χ0) is 10.8. The zero-order valence-corrected chi connectivity index (χ0v) is 8.39. The predicted molar refractivity (Wildman–Crippen MR) is 55.6 cm³/mol. The van der Waals surface area contributed by atoms with Crippen molar-refractivity contribution in [3.63, 3.8) is 0 Å². The van der Waals surface area contributed by atoms with Crippen LogP contribution in [0, 0.1) is 5.82 Å². The highest BCUT2D eigenvalue weighted by Crippen LogP contribution is 2.17. The van der Waals surface area contributed by atoms with Crippen LogP contribution in [-0.2, 0) is 7.05 Å². The summed E-state index contributed by atoms with van der Waals surface area (Å²) < 4.78 is 14.8. The molecule has 3 nitrogen and oxygen atoms in total. The number of nitrogens with zero attached hydrogens (tertiary/aromatic N) is 2. The van der Waals surface area contributed by atoms with Gasteiger partial charge in [-0.3, -0.25) is 0 Å². The van der Waals surface area contributed by atoms with Gasteiger partial charge in [-0.1, -0.05) is 12.1 Å². The van der Waals surface area contributed by atoms with Crippen LogP contribution in [0.15, 0.2) is 36.7 Å². The van der Waals surface area contributed by atoms with Gasteiger partial charge in [-0.05, 0) is 17.7 Å². The van der Waals surface area contributed by atoms with Crippen LogP contribution in [0.5, 0.6) is 0 Å². The van der Waals surface area contributed by atoms with E-state index in [1.54, 1.807) is 18.3 Å². The monoisotopic (exact) mass is 205 g/mol. The molecule has 0 amide bonds. The van der Waals surface area contributed by atoms with E-state index < -0.39 is 0 Å². The second-order valence-corrected chi connectivity index (χ2v) is 3.43. The van der Waals surface area contributed by atoms with E-state index in [1.807, 2.05) is 17.8 Å². The summed E-state index contributed by atoms with van der Waals surface area (Å²) in [5.41, 5.74) is 6.71. The molecule has 1 heterocycles. The summed E-state index contributed by atoms with van der Waals surface area (Å²) in [5.74, 6) is 0.442. The van der Waals surface area contributed by atoms with Gasteiger partial charge in [0.2, 0.25) is 0 Å². The molecule has 2 aromatic rings. The first-order valence-corrected chi connectivity index (χ1v) is 4.67. The van der Waals surface area contributed by atoms with Crippen LogP contribution in [0.3, 0.4) is 0 Å². The summed E-state index contributed by atoms with van der Waals surface area (Å²) in [6.07, 6.45) is 3.49. The molecule has 0 aliphatic heterocycles. The first-order valence-electron chi connectivity index (χ1n) is 4.67. The minimum Gasteiger partial charge on any atom is -0.336 e. The van der Waals surface area contributed by atoms with Crippen molar-refractivity contribution < 1.29 is 4.39 Å². The molecule has 0 radical (unpaired) electrons. The first kappa shape index (κ1) is 9.86. The van der Waals surface area contributed by atoms with E-state index in [2.05, 4.69) is 4.98 Å². The highest BCUT2D eigenvalue weighted by molar-refractivity contribution is 5.25. The van der Waals surface area contributed by atoms with Crippen LogP contribution in [0.4, 0.5) is 4.39 Å². The summed E-state index contributed by atoms with van der Waals surface area (Å²) in [6.45, 7) is 0. The third kappa shape index (κ3) is 1.89. The van der Waals surface area contributed by atoms with Gasteiger partial charge >= 0.3 is 0 Å². The predicted octanol–water partition coefficient (Wildman–Crippen LogP) is 1.61. The van der Waals surface area contributed by atoms with Gasteiger partial charge in [0, 0.05) is 19.4 Å². The quantitative estimate of drug-likeness (QED) is 0.809. The van der Waals surface area contributed by atoms with E-state index >= 15 is 0 Å². The molecule has 2 N–H and O–H groups in total. The van der Waals surface area contributed by atoms with Crippen molar-refractivity contribution in [1.29, 1.82) is 0 Å². The average molecular weight is 205 g/mol. The summed E-state index contributed by atoms with van der Waals surface area (Å²) in [6, 6.07) is 5.88. The number of nitrogens with two attached hydrogens (primary N) is 1. The Hall–Kier alpha value is -1.68. The van der Waals surface area contributed by atoms with Gasteiger partial charge in [-0.25, -0.2) is 9.37 Å². The van der Waals surface area contributed by atoms with Gasteiger partial charge < -0.3 is 10.3 Å². The highest BCUT2D eigenvalue weighted by atomic mass is 19.1. The van der Waals surface area contributed by atoms with E-state index in [-0.39, 0.29) is 11.9 Å². The molecule has 1 aromatic heterocycles. The largest absolute Gasteiger partial charge is 0.336 e. The normalized spacial score (nSPS) is 12.7. The molecule has 2 rings (SSSR count). The van der Waals surface area contributed by atoms with Gasteiger partial charge in [-0.2, -0.15) is 0 Å². The molecule has 1 atom stereocenters. The number of aryl methyl sites for hydroxylation is 1. The van der Waals surface area contributed by atoms with Crippen LogP contribution in [0.2, 0.25) is 0 Å². The van der Waals surface area contributed by atoms with Crippen molar-refractivity contribution in [2.45, 2.75) is 6.04 Å². The molecule has 0 aliphatic rings. The molecule has 0 fully saturated rings. The van der Waals surface area contributed by atoms with E-state index in [4.69, 9.17) is 5.73 Å². The van der Waals surface area contributed by atoms with E-state index in [9.17, 15) is 4.39 Å². The summed E-state index contributed by atoms with van der Waals surface area (Å²) in [7, 11) is 1.86. The Morgan fingerprint density at radius 2 is 2.27 bits per heavy atom. The second-order valence-electron chi connectivity index (χ2n) is 3.43. The van der Waals surface area contributed by atoms with Crippen LogP contribution in [0.1, 0.15) is 17.4 Å². The second kappa shape index (κ2) is 3.82. The summed E-state index contributed by atoms with van der Waals surface area (Å²) in [5, 5.41) is 0. The molecule has 15 heavy (non-hydrogen) atoms. The number of imidazole rings is 1. The number of aromatic nitrogens is 2. The number of rotatable bonds is 2. The maximum Gasteiger partial charge on any atom is 0.129 e. The van der Waals surface area contributed by atoms with Gasteiger partial charge in [0.15, 0.2) is 0 Å². The fourth-order valence-corrected chi connectivity index (χ4v) is 1.53. The molecule has 4 heteroatoms. The fraction of sp³-hybridized carbons (Fsp3) is 0.182. The van der Waals surface area contributed by atoms with E-state index in [0.29, 0.717) is 0 Å². The third-order valence-corrected chi connectivity index (χ3v) is 2.34. The first-order chi connectivity index (χ1) is 7.18.